The summed E-state index contributed by atoms with van der Waals surface area (Å²) in [6.45, 7) is 2.69. The third-order valence-electron chi connectivity index (χ3n) is 3.76. The van der Waals surface area contributed by atoms with Crippen molar-refractivity contribution >= 4 is 22.8 Å². The molecule has 2 aromatic rings. The lowest BCUT2D eigenvalue weighted by Crippen LogP contribution is -2.41. The van der Waals surface area contributed by atoms with Crippen LogP contribution in [0.25, 0.3) is 10.9 Å². The van der Waals surface area contributed by atoms with Crippen LogP contribution < -0.4 is 0 Å². The highest BCUT2D eigenvalue weighted by Crippen LogP contribution is 2.22. The Hall–Kier alpha value is -2.37. The molecule has 1 atom stereocenters. The summed E-state index contributed by atoms with van der Waals surface area (Å²) in [6.07, 6.45) is 3.19. The molecule has 2 heterocycles. The van der Waals surface area contributed by atoms with E-state index < -0.39 is 6.04 Å². The first-order chi connectivity index (χ1) is 10.2. The van der Waals surface area contributed by atoms with E-state index in [2.05, 4.69) is 10.2 Å². The molecule has 0 bridgehead atoms. The maximum absolute atomic E-state index is 12.6. The summed E-state index contributed by atoms with van der Waals surface area (Å²) in [5.41, 5.74) is 1.37. The normalized spacial score (nSPS) is 18.1. The first-order valence-corrected chi connectivity index (χ1v) is 7.11. The van der Waals surface area contributed by atoms with Crippen molar-refractivity contribution in [2.75, 3.05) is 13.2 Å². The Kier molecular flexibility index (Phi) is 3.60. The number of H-pyrrole nitrogens is 1. The predicted octanol–water partition coefficient (Wildman–Crippen LogP) is 1.73. The molecule has 1 aliphatic rings. The van der Waals surface area contributed by atoms with Gasteiger partial charge in [-0.05, 0) is 31.9 Å². The summed E-state index contributed by atoms with van der Waals surface area (Å²) in [7, 11) is 0. The van der Waals surface area contributed by atoms with Crippen LogP contribution in [0, 0.1) is 0 Å². The molecule has 6 heteroatoms. The van der Waals surface area contributed by atoms with Gasteiger partial charge >= 0.3 is 5.97 Å². The molecule has 110 valence electrons. The van der Waals surface area contributed by atoms with Crippen LogP contribution in [0.15, 0.2) is 24.4 Å². The molecule has 3 rings (SSSR count). The van der Waals surface area contributed by atoms with Gasteiger partial charge in [0.15, 0.2) is 0 Å². The number of likely N-dealkylation sites (tertiary alicyclic amines) is 1. The summed E-state index contributed by atoms with van der Waals surface area (Å²) >= 11 is 0. The number of carbonyl (C=O) groups is 2. The number of esters is 1. The maximum Gasteiger partial charge on any atom is 0.328 e. The first kappa shape index (κ1) is 13.6. The lowest BCUT2D eigenvalue weighted by atomic mass is 10.1. The second kappa shape index (κ2) is 5.55. The van der Waals surface area contributed by atoms with Crippen molar-refractivity contribution in [1.82, 2.24) is 15.1 Å². The smallest absolute Gasteiger partial charge is 0.328 e. The fourth-order valence-corrected chi connectivity index (χ4v) is 2.73. The number of aromatic nitrogens is 2. The Balaban J connectivity index is 1.84. The quantitative estimate of drug-likeness (QED) is 0.872. The van der Waals surface area contributed by atoms with Gasteiger partial charge in [0.05, 0.1) is 18.3 Å². The molecule has 1 fully saturated rings. The van der Waals surface area contributed by atoms with E-state index >= 15 is 0 Å². The molecule has 0 aliphatic carbocycles. The zero-order valence-corrected chi connectivity index (χ0v) is 11.8. The highest BCUT2D eigenvalue weighted by molar-refractivity contribution is 5.99. The molecule has 1 aromatic heterocycles. The van der Waals surface area contributed by atoms with Crippen molar-refractivity contribution in [3.8, 4) is 0 Å². The minimum Gasteiger partial charge on any atom is -0.464 e. The van der Waals surface area contributed by atoms with Crippen molar-refractivity contribution in [2.24, 2.45) is 0 Å². The maximum atomic E-state index is 12.6. The van der Waals surface area contributed by atoms with Crippen LogP contribution in [-0.2, 0) is 9.53 Å². The van der Waals surface area contributed by atoms with Gasteiger partial charge in [0.25, 0.3) is 5.91 Å². The van der Waals surface area contributed by atoms with Crippen LogP contribution in [0.3, 0.4) is 0 Å². The molecule has 0 radical (unpaired) electrons. The summed E-state index contributed by atoms with van der Waals surface area (Å²) < 4.78 is 5.05. The Bertz CT molecular complexity index is 680. The monoisotopic (exact) mass is 287 g/mol. The van der Waals surface area contributed by atoms with E-state index in [0.717, 1.165) is 17.3 Å². The predicted molar refractivity (Wildman–Crippen MR) is 76.8 cm³/mol. The Morgan fingerprint density at radius 3 is 3.14 bits per heavy atom. The highest BCUT2D eigenvalue weighted by atomic mass is 16.5. The second-order valence-corrected chi connectivity index (χ2v) is 5.08. The molecule has 21 heavy (non-hydrogen) atoms. The molecule has 6 nitrogen and oxygen atoms in total. The summed E-state index contributed by atoms with van der Waals surface area (Å²) in [6, 6.07) is 4.92. The molecular weight excluding hydrogens is 270 g/mol. The molecule has 1 aliphatic heterocycles. The van der Waals surface area contributed by atoms with Gasteiger partial charge in [0.2, 0.25) is 0 Å². The number of carbonyl (C=O) groups excluding carboxylic acids is 2. The molecule has 1 amide bonds. The van der Waals surface area contributed by atoms with Gasteiger partial charge in [-0.1, -0.05) is 6.07 Å². The summed E-state index contributed by atoms with van der Waals surface area (Å²) in [4.78, 5) is 26.2. The molecular formula is C15H17N3O3. The van der Waals surface area contributed by atoms with E-state index in [1.54, 1.807) is 30.2 Å². The van der Waals surface area contributed by atoms with Crippen LogP contribution in [0.5, 0.6) is 0 Å². The van der Waals surface area contributed by atoms with E-state index in [0.29, 0.717) is 25.1 Å². The van der Waals surface area contributed by atoms with Crippen LogP contribution in [-0.4, -0.2) is 46.2 Å². The van der Waals surface area contributed by atoms with Crippen molar-refractivity contribution in [3.05, 3.63) is 30.0 Å². The first-order valence-electron chi connectivity index (χ1n) is 7.11. The Labute approximate surface area is 122 Å². The molecule has 1 aromatic carbocycles. The minimum absolute atomic E-state index is 0.137. The van der Waals surface area contributed by atoms with Crippen LogP contribution in [0.4, 0.5) is 0 Å². The van der Waals surface area contributed by atoms with Gasteiger partial charge in [-0.3, -0.25) is 9.89 Å². The Morgan fingerprint density at radius 1 is 1.48 bits per heavy atom. The zero-order valence-electron chi connectivity index (χ0n) is 11.8. The van der Waals surface area contributed by atoms with E-state index in [4.69, 9.17) is 4.74 Å². The number of hydrogen-bond donors (Lipinski definition) is 1. The molecule has 0 spiro atoms. The average molecular weight is 287 g/mol. The molecule has 1 N–H and O–H groups in total. The van der Waals surface area contributed by atoms with Gasteiger partial charge < -0.3 is 9.64 Å². The number of fused-ring (bicyclic) bond motifs is 1. The highest BCUT2D eigenvalue weighted by Gasteiger charge is 2.35. The standard InChI is InChI=1S/C15H17N3O3/c1-2-21-15(20)13-4-3-7-18(13)14(19)10-5-6-11-9-16-17-12(11)8-10/h5-6,8-9,13H,2-4,7H2,1H3,(H,16,17). The van der Waals surface area contributed by atoms with Crippen molar-refractivity contribution in [3.63, 3.8) is 0 Å². The van der Waals surface area contributed by atoms with Gasteiger partial charge in [-0.2, -0.15) is 5.10 Å². The topological polar surface area (TPSA) is 75.3 Å². The average Bonchev–Trinajstić information content (AvgIpc) is 3.14. The van der Waals surface area contributed by atoms with Crippen LogP contribution in [0.1, 0.15) is 30.1 Å². The van der Waals surface area contributed by atoms with Gasteiger partial charge in [-0.25, -0.2) is 4.79 Å². The van der Waals surface area contributed by atoms with Crippen LogP contribution in [0.2, 0.25) is 0 Å². The van der Waals surface area contributed by atoms with E-state index in [1.807, 2.05) is 6.07 Å². The van der Waals surface area contributed by atoms with Crippen molar-refractivity contribution in [2.45, 2.75) is 25.8 Å². The number of aromatic amines is 1. The van der Waals surface area contributed by atoms with Crippen molar-refractivity contribution < 1.29 is 14.3 Å². The Morgan fingerprint density at radius 2 is 2.33 bits per heavy atom. The molecule has 1 saturated heterocycles. The fourth-order valence-electron chi connectivity index (χ4n) is 2.73. The fraction of sp³-hybridized carbons (Fsp3) is 0.400. The number of amides is 1. The third-order valence-corrected chi connectivity index (χ3v) is 3.76. The van der Waals surface area contributed by atoms with E-state index in [-0.39, 0.29) is 11.9 Å². The third kappa shape index (κ3) is 2.49. The minimum atomic E-state index is -0.463. The van der Waals surface area contributed by atoms with E-state index in [1.165, 1.54) is 0 Å². The molecule has 1 unspecified atom stereocenters. The van der Waals surface area contributed by atoms with Gasteiger partial charge in [-0.15, -0.1) is 0 Å². The lowest BCUT2D eigenvalue weighted by molar-refractivity contribution is -0.147. The number of hydrogen-bond acceptors (Lipinski definition) is 4. The number of rotatable bonds is 3. The lowest BCUT2D eigenvalue weighted by Gasteiger charge is -2.23. The second-order valence-electron chi connectivity index (χ2n) is 5.08. The summed E-state index contributed by atoms with van der Waals surface area (Å²) in [5, 5.41) is 7.74. The zero-order chi connectivity index (χ0) is 14.8. The number of nitrogens with one attached hydrogen (secondary N) is 1. The number of nitrogens with zero attached hydrogens (tertiary/aromatic N) is 2. The molecule has 0 saturated carbocycles. The summed E-state index contributed by atoms with van der Waals surface area (Å²) in [5.74, 6) is -0.451. The number of ether oxygens (including phenoxy) is 1. The SMILES string of the molecule is CCOC(=O)C1CCCN1C(=O)c1ccc2cn[nH]c2c1. The number of benzene rings is 1. The van der Waals surface area contributed by atoms with Gasteiger partial charge in [0.1, 0.15) is 6.04 Å². The van der Waals surface area contributed by atoms with Crippen molar-refractivity contribution in [1.29, 1.82) is 0 Å². The largest absolute Gasteiger partial charge is 0.464 e. The van der Waals surface area contributed by atoms with Crippen LogP contribution >= 0.6 is 0 Å². The van der Waals surface area contributed by atoms with E-state index in [9.17, 15) is 9.59 Å². The van der Waals surface area contributed by atoms with Gasteiger partial charge in [0, 0.05) is 17.5 Å².